The summed E-state index contributed by atoms with van der Waals surface area (Å²) in [7, 11) is 0. The van der Waals surface area contributed by atoms with Crippen molar-refractivity contribution in [1.82, 2.24) is 0 Å². The van der Waals surface area contributed by atoms with E-state index < -0.39 is 0 Å². The maximum absolute atomic E-state index is 2.48. The normalized spacial score (nSPS) is 14.4. The minimum atomic E-state index is 0.0674. The molecular formula is C36H58Pd-2. The van der Waals surface area contributed by atoms with Crippen LogP contribution in [0.4, 0.5) is 0 Å². The van der Waals surface area contributed by atoms with Gasteiger partial charge in [0.05, 0.1) is 0 Å². The molecule has 0 atom stereocenters. The monoisotopic (exact) mass is 596 g/mol. The Balaban J connectivity index is 3.05. The van der Waals surface area contributed by atoms with Crippen LogP contribution in [-0.4, -0.2) is 0 Å². The van der Waals surface area contributed by atoms with E-state index in [-0.39, 0.29) is 32.5 Å². The molecule has 0 fully saturated rings. The number of hydrogen-bond acceptors (Lipinski definition) is 0. The van der Waals surface area contributed by atoms with Crippen molar-refractivity contribution >= 4 is 8.07 Å². The molecule has 0 N–H and O–H groups in total. The van der Waals surface area contributed by atoms with Crippen molar-refractivity contribution in [2.75, 3.05) is 0 Å². The van der Waals surface area contributed by atoms with Gasteiger partial charge in [-0.15, -0.1) is 0 Å². The fourth-order valence-electron chi connectivity index (χ4n) is 5.58. The van der Waals surface area contributed by atoms with Crippen LogP contribution < -0.4 is 8.07 Å². The van der Waals surface area contributed by atoms with Gasteiger partial charge in [0.15, 0.2) is 0 Å². The summed E-state index contributed by atoms with van der Waals surface area (Å²) in [6.45, 7) is 43.1. The quantitative estimate of drug-likeness (QED) is 0.303. The molecule has 0 unspecified atom stereocenters. The summed E-state index contributed by atoms with van der Waals surface area (Å²) < 4.78 is 3.07. The van der Waals surface area contributed by atoms with Gasteiger partial charge in [0.25, 0.3) is 0 Å². The third-order valence-electron chi connectivity index (χ3n) is 7.04. The van der Waals surface area contributed by atoms with E-state index in [2.05, 4.69) is 149 Å². The van der Waals surface area contributed by atoms with Crippen LogP contribution in [0.3, 0.4) is 0 Å². The summed E-state index contributed by atoms with van der Waals surface area (Å²) in [5, 5.41) is 0. The average Bonchev–Trinajstić information content (AvgIpc) is 2.62. The van der Waals surface area contributed by atoms with Crippen LogP contribution in [0.1, 0.15) is 158 Å². The summed E-state index contributed by atoms with van der Waals surface area (Å²) in [6.07, 6.45) is 0. The van der Waals surface area contributed by atoms with Gasteiger partial charge in [-0.05, 0) is 0 Å². The fraction of sp³-hybridized carbons (Fsp3) is 0.667. The van der Waals surface area contributed by atoms with Crippen LogP contribution >= 0.6 is 0 Å². The van der Waals surface area contributed by atoms with E-state index >= 15 is 0 Å². The van der Waals surface area contributed by atoms with Gasteiger partial charge >= 0.3 is 241 Å². The fourth-order valence-corrected chi connectivity index (χ4v) is 8.49. The molecule has 0 radical (unpaired) electrons. The number of hydrogen-bond donors (Lipinski definition) is 0. The van der Waals surface area contributed by atoms with E-state index in [0.717, 1.165) is 0 Å². The first-order chi connectivity index (χ1) is 16.2. The standard InChI is InChI=1S/2C18H29.Pd/c2*1-16(2,3)13-11-10-12-14(17(4,5)6)15(13)18(7,8)9;/h2*10-11H,1-9H3;/q;;-2. The molecule has 0 saturated heterocycles. The molecular weight excluding hydrogens is 539 g/mol. The van der Waals surface area contributed by atoms with Gasteiger partial charge in [-0.2, -0.15) is 0 Å². The van der Waals surface area contributed by atoms with Crippen LogP contribution in [0.5, 0.6) is 0 Å². The maximum atomic E-state index is 2.48. The Morgan fingerprint density at radius 1 is 0.324 bits per heavy atom. The van der Waals surface area contributed by atoms with Crippen LogP contribution in [-0.2, 0) is 50.5 Å². The first kappa shape index (κ1) is 32.3. The molecule has 0 aliphatic heterocycles. The van der Waals surface area contributed by atoms with Crippen LogP contribution in [0, 0.1) is 0 Å². The summed E-state index contributed by atoms with van der Waals surface area (Å²) in [5.41, 5.74) is 9.75. The average molecular weight is 597 g/mol. The second-order valence-corrected chi connectivity index (χ2v) is 19.3. The summed E-state index contributed by atoms with van der Waals surface area (Å²) in [4.78, 5) is 0. The third-order valence-corrected chi connectivity index (χ3v) is 9.18. The molecule has 214 valence electrons. The Bertz CT molecular complexity index is 1030. The minimum absolute atomic E-state index is 0.0674. The Labute approximate surface area is 240 Å². The first-order valence-electron chi connectivity index (χ1n) is 14.1. The number of benzene rings is 2. The third kappa shape index (κ3) is 7.20. The van der Waals surface area contributed by atoms with Crippen molar-refractivity contribution in [1.29, 1.82) is 0 Å². The zero-order valence-electron chi connectivity index (χ0n) is 27.6. The molecule has 2 aromatic rings. The van der Waals surface area contributed by atoms with Crippen molar-refractivity contribution in [2.45, 2.75) is 157 Å². The van der Waals surface area contributed by atoms with Gasteiger partial charge in [-0.1, -0.05) is 0 Å². The molecule has 1 heteroatoms. The van der Waals surface area contributed by atoms with Gasteiger partial charge in [0.1, 0.15) is 0 Å². The molecule has 0 spiro atoms. The molecule has 0 aromatic heterocycles. The first-order valence-corrected chi connectivity index (χ1v) is 15.7. The topological polar surface area (TPSA) is 0 Å². The molecule has 0 amide bonds. The molecule has 2 rings (SSSR count). The van der Waals surface area contributed by atoms with Crippen molar-refractivity contribution in [2.24, 2.45) is 0 Å². The number of rotatable bonds is 2. The van der Waals surface area contributed by atoms with Crippen LogP contribution in [0.25, 0.3) is 0 Å². The van der Waals surface area contributed by atoms with E-state index in [0.29, 0.717) is 18.0 Å². The SMILES string of the molecule is CC(C)(C)c1cc[c]([Pd-2][c]2ccc(C(C)(C)C)c(C(C)(C)C)c2C(C)(C)C)c(C(C)(C)C)c1C(C)(C)C. The summed E-state index contributed by atoms with van der Waals surface area (Å²) in [5.74, 6) is 0. The van der Waals surface area contributed by atoms with Gasteiger partial charge in [0, 0.05) is 0 Å². The van der Waals surface area contributed by atoms with Crippen molar-refractivity contribution < 1.29 is 18.0 Å². The van der Waals surface area contributed by atoms with Gasteiger partial charge in [-0.3, -0.25) is 0 Å². The van der Waals surface area contributed by atoms with Crippen LogP contribution in [0.2, 0.25) is 0 Å². The van der Waals surface area contributed by atoms with Crippen LogP contribution in [0.15, 0.2) is 24.3 Å². The molecule has 0 heterocycles. The molecule has 0 aliphatic rings. The summed E-state index contributed by atoms with van der Waals surface area (Å²) in [6, 6.07) is 9.86. The Morgan fingerprint density at radius 2 is 0.568 bits per heavy atom. The predicted molar refractivity (Wildman–Crippen MR) is 164 cm³/mol. The Hall–Kier alpha value is -0.898. The molecule has 2 aromatic carbocycles. The van der Waals surface area contributed by atoms with Gasteiger partial charge in [-0.25, -0.2) is 0 Å². The molecule has 0 aliphatic carbocycles. The van der Waals surface area contributed by atoms with Crippen molar-refractivity contribution in [3.63, 3.8) is 0 Å². The second kappa shape index (κ2) is 9.93. The molecule has 0 bridgehead atoms. The van der Waals surface area contributed by atoms with Crippen molar-refractivity contribution in [3.05, 3.63) is 57.6 Å². The zero-order chi connectivity index (χ0) is 29.2. The van der Waals surface area contributed by atoms with E-state index in [1.54, 1.807) is 22.3 Å². The van der Waals surface area contributed by atoms with Gasteiger partial charge in [0.2, 0.25) is 0 Å². The second-order valence-electron chi connectivity index (χ2n) is 17.2. The van der Waals surface area contributed by atoms with Gasteiger partial charge < -0.3 is 0 Å². The summed E-state index contributed by atoms with van der Waals surface area (Å²) >= 11 is 0.360. The molecule has 0 saturated carbocycles. The predicted octanol–water partition coefficient (Wildman–Crippen LogP) is 9.50. The van der Waals surface area contributed by atoms with E-state index in [1.807, 2.05) is 0 Å². The Kier molecular flexibility index (Phi) is 8.68. The Morgan fingerprint density at radius 3 is 0.757 bits per heavy atom. The van der Waals surface area contributed by atoms with E-state index in [1.165, 1.54) is 19.2 Å². The van der Waals surface area contributed by atoms with E-state index in [4.69, 9.17) is 0 Å². The zero-order valence-corrected chi connectivity index (χ0v) is 29.2. The van der Waals surface area contributed by atoms with Crippen molar-refractivity contribution in [3.8, 4) is 0 Å². The molecule has 0 nitrogen and oxygen atoms in total. The van der Waals surface area contributed by atoms with E-state index in [9.17, 15) is 0 Å². The molecule has 37 heavy (non-hydrogen) atoms.